The molecule has 1 spiro atoms. The summed E-state index contributed by atoms with van der Waals surface area (Å²) in [6.07, 6.45) is 7.40. The first kappa shape index (κ1) is 13.4. The van der Waals surface area contributed by atoms with Gasteiger partial charge in [-0.1, -0.05) is 27.7 Å². The van der Waals surface area contributed by atoms with Crippen molar-refractivity contribution in [1.82, 2.24) is 4.90 Å². The van der Waals surface area contributed by atoms with Crippen LogP contribution in [0.15, 0.2) is 0 Å². The van der Waals surface area contributed by atoms with Gasteiger partial charge in [0.05, 0.1) is 0 Å². The van der Waals surface area contributed by atoms with Crippen LogP contribution in [-0.2, 0) is 0 Å². The Kier molecular flexibility index (Phi) is 4.18. The summed E-state index contributed by atoms with van der Waals surface area (Å²) in [7, 11) is 0. The molecule has 2 aliphatic rings. The Bertz CT molecular complexity index is 228. The fraction of sp³-hybridized carbons (Fsp3) is 1.00. The molecular weight excluding hydrogens is 206 g/mol. The monoisotopic (exact) mass is 237 g/mol. The molecule has 0 radical (unpaired) electrons. The highest BCUT2D eigenvalue weighted by molar-refractivity contribution is 4.97. The molecule has 1 aliphatic heterocycles. The van der Waals surface area contributed by atoms with Crippen LogP contribution in [0.3, 0.4) is 0 Å². The molecule has 0 aromatic carbocycles. The molecule has 100 valence electrons. The predicted octanol–water partition coefficient (Wildman–Crippen LogP) is 4.18. The van der Waals surface area contributed by atoms with Gasteiger partial charge in [-0.2, -0.15) is 0 Å². The molecule has 0 amide bonds. The van der Waals surface area contributed by atoms with Crippen LogP contribution in [0.4, 0.5) is 0 Å². The molecule has 0 aromatic heterocycles. The van der Waals surface area contributed by atoms with Crippen LogP contribution >= 0.6 is 0 Å². The van der Waals surface area contributed by atoms with Gasteiger partial charge in [-0.05, 0) is 74.9 Å². The van der Waals surface area contributed by atoms with Gasteiger partial charge in [0.2, 0.25) is 0 Å². The highest BCUT2D eigenvalue weighted by Crippen LogP contribution is 2.54. The highest BCUT2D eigenvalue weighted by Gasteiger charge is 2.46. The zero-order valence-electron chi connectivity index (χ0n) is 12.3. The van der Waals surface area contributed by atoms with E-state index >= 15 is 0 Å². The largest absolute Gasteiger partial charge is 0.303 e. The molecule has 1 heterocycles. The second kappa shape index (κ2) is 5.30. The van der Waals surface area contributed by atoms with Gasteiger partial charge in [0.15, 0.2) is 0 Å². The second-order valence-corrected chi connectivity index (χ2v) is 7.44. The smallest absolute Gasteiger partial charge is 0.00134 e. The van der Waals surface area contributed by atoms with E-state index in [-0.39, 0.29) is 0 Å². The summed E-state index contributed by atoms with van der Waals surface area (Å²) < 4.78 is 0. The number of piperidine rings is 1. The second-order valence-electron chi connectivity index (χ2n) is 7.44. The fourth-order valence-electron chi connectivity index (χ4n) is 3.62. The van der Waals surface area contributed by atoms with Crippen molar-refractivity contribution in [1.29, 1.82) is 0 Å². The highest BCUT2D eigenvalue weighted by atomic mass is 15.1. The molecule has 0 unspecified atom stereocenters. The topological polar surface area (TPSA) is 3.24 Å². The Labute approximate surface area is 108 Å². The average molecular weight is 237 g/mol. The van der Waals surface area contributed by atoms with Crippen molar-refractivity contribution in [3.05, 3.63) is 0 Å². The summed E-state index contributed by atoms with van der Waals surface area (Å²) in [5, 5.41) is 0. The van der Waals surface area contributed by atoms with Crippen LogP contribution in [0.1, 0.15) is 59.8 Å². The van der Waals surface area contributed by atoms with Crippen molar-refractivity contribution in [3.8, 4) is 0 Å². The predicted molar refractivity (Wildman–Crippen MR) is 75.1 cm³/mol. The van der Waals surface area contributed by atoms with Crippen LogP contribution in [0, 0.1) is 23.2 Å². The lowest BCUT2D eigenvalue weighted by molar-refractivity contribution is -0.0313. The molecule has 1 heteroatoms. The summed E-state index contributed by atoms with van der Waals surface area (Å²) in [5.74, 6) is 2.82. The third-order valence-corrected chi connectivity index (χ3v) is 5.27. The number of hydrogen-bond acceptors (Lipinski definition) is 1. The van der Waals surface area contributed by atoms with E-state index in [1.165, 1.54) is 51.7 Å². The standard InChI is InChI=1S/C16H31N/c1-13(2)5-8-17-9-6-16(7-10-17)11-15(12-16)14(3)4/h13-15H,5-12H2,1-4H3. The van der Waals surface area contributed by atoms with Crippen molar-refractivity contribution in [2.45, 2.75) is 59.8 Å². The maximum Gasteiger partial charge on any atom is -0.00134 e. The van der Waals surface area contributed by atoms with Gasteiger partial charge in [-0.3, -0.25) is 0 Å². The van der Waals surface area contributed by atoms with E-state index in [4.69, 9.17) is 0 Å². The maximum atomic E-state index is 2.70. The van der Waals surface area contributed by atoms with E-state index in [1.54, 1.807) is 0 Å². The van der Waals surface area contributed by atoms with E-state index in [0.717, 1.165) is 23.2 Å². The van der Waals surface area contributed by atoms with Gasteiger partial charge in [0.1, 0.15) is 0 Å². The zero-order valence-corrected chi connectivity index (χ0v) is 12.3. The molecule has 2 rings (SSSR count). The Morgan fingerprint density at radius 2 is 1.65 bits per heavy atom. The molecule has 0 aromatic rings. The van der Waals surface area contributed by atoms with Crippen molar-refractivity contribution in [2.75, 3.05) is 19.6 Å². The van der Waals surface area contributed by atoms with Crippen LogP contribution in [0.2, 0.25) is 0 Å². The Morgan fingerprint density at radius 3 is 2.12 bits per heavy atom. The number of rotatable bonds is 4. The lowest BCUT2D eigenvalue weighted by Crippen LogP contribution is -2.48. The Hall–Kier alpha value is -0.0400. The number of likely N-dealkylation sites (tertiary alicyclic amines) is 1. The van der Waals surface area contributed by atoms with Crippen molar-refractivity contribution >= 4 is 0 Å². The lowest BCUT2D eigenvalue weighted by atomic mass is 9.55. The van der Waals surface area contributed by atoms with Gasteiger partial charge < -0.3 is 4.90 Å². The first-order chi connectivity index (χ1) is 8.01. The minimum absolute atomic E-state index is 0.781. The van der Waals surface area contributed by atoms with Gasteiger partial charge in [0, 0.05) is 0 Å². The summed E-state index contributed by atoms with van der Waals surface area (Å²) >= 11 is 0. The molecule has 0 atom stereocenters. The molecule has 1 saturated heterocycles. The molecule has 1 nitrogen and oxygen atoms in total. The van der Waals surface area contributed by atoms with Gasteiger partial charge in [-0.15, -0.1) is 0 Å². The van der Waals surface area contributed by atoms with E-state index in [1.807, 2.05) is 0 Å². The van der Waals surface area contributed by atoms with Gasteiger partial charge in [-0.25, -0.2) is 0 Å². The summed E-state index contributed by atoms with van der Waals surface area (Å²) in [5.41, 5.74) is 0.781. The zero-order chi connectivity index (χ0) is 12.5. The molecule has 2 fully saturated rings. The van der Waals surface area contributed by atoms with Crippen LogP contribution in [0.25, 0.3) is 0 Å². The van der Waals surface area contributed by atoms with E-state index in [9.17, 15) is 0 Å². The van der Waals surface area contributed by atoms with Crippen molar-refractivity contribution in [3.63, 3.8) is 0 Å². The first-order valence-corrected chi connectivity index (χ1v) is 7.73. The Morgan fingerprint density at radius 1 is 1.06 bits per heavy atom. The fourth-order valence-corrected chi connectivity index (χ4v) is 3.62. The third kappa shape index (κ3) is 3.24. The lowest BCUT2D eigenvalue weighted by Gasteiger charge is -2.54. The summed E-state index contributed by atoms with van der Waals surface area (Å²) in [4.78, 5) is 2.70. The molecule has 0 N–H and O–H groups in total. The molecular formula is C16H31N. The van der Waals surface area contributed by atoms with E-state index in [2.05, 4.69) is 32.6 Å². The molecule has 1 aliphatic carbocycles. The number of hydrogen-bond donors (Lipinski definition) is 0. The average Bonchev–Trinajstić information content (AvgIpc) is 2.23. The SMILES string of the molecule is CC(C)CCN1CCC2(CC1)CC(C(C)C)C2. The number of nitrogens with zero attached hydrogens (tertiary/aromatic N) is 1. The van der Waals surface area contributed by atoms with Crippen LogP contribution in [0.5, 0.6) is 0 Å². The van der Waals surface area contributed by atoms with E-state index in [0.29, 0.717) is 0 Å². The first-order valence-electron chi connectivity index (χ1n) is 7.73. The molecule has 17 heavy (non-hydrogen) atoms. The normalized spacial score (nSPS) is 25.8. The molecule has 1 saturated carbocycles. The maximum absolute atomic E-state index is 2.70. The summed E-state index contributed by atoms with van der Waals surface area (Å²) in [6.45, 7) is 13.6. The van der Waals surface area contributed by atoms with Gasteiger partial charge >= 0.3 is 0 Å². The summed E-state index contributed by atoms with van der Waals surface area (Å²) in [6, 6.07) is 0. The van der Waals surface area contributed by atoms with Crippen molar-refractivity contribution < 1.29 is 0 Å². The third-order valence-electron chi connectivity index (χ3n) is 5.27. The quantitative estimate of drug-likeness (QED) is 0.709. The van der Waals surface area contributed by atoms with Gasteiger partial charge in [0.25, 0.3) is 0 Å². The van der Waals surface area contributed by atoms with Crippen LogP contribution in [-0.4, -0.2) is 24.5 Å². The van der Waals surface area contributed by atoms with Crippen molar-refractivity contribution in [2.24, 2.45) is 23.2 Å². The molecule has 0 bridgehead atoms. The van der Waals surface area contributed by atoms with Crippen LogP contribution < -0.4 is 0 Å². The minimum atomic E-state index is 0.781. The van der Waals surface area contributed by atoms with E-state index < -0.39 is 0 Å². The minimum Gasteiger partial charge on any atom is -0.303 e. The Balaban J connectivity index is 1.69.